The lowest BCUT2D eigenvalue weighted by atomic mass is 10.1. The first-order chi connectivity index (χ1) is 7.81. The monoisotopic (exact) mass is 233 g/mol. The van der Waals surface area contributed by atoms with Gasteiger partial charge in [0.2, 0.25) is 0 Å². The summed E-state index contributed by atoms with van der Waals surface area (Å²) in [4.78, 5) is 5.60. The third kappa shape index (κ3) is 2.47. The molecular weight excluding hydrogens is 218 g/mol. The molecule has 0 bridgehead atoms. The van der Waals surface area contributed by atoms with Crippen LogP contribution < -0.4 is 11.3 Å². The highest BCUT2D eigenvalue weighted by molar-refractivity contribution is 7.10. The molecule has 2 aromatic heterocycles. The molecule has 1 atom stereocenters. The Morgan fingerprint density at radius 1 is 1.44 bits per heavy atom. The van der Waals surface area contributed by atoms with Crippen LogP contribution >= 0.6 is 11.3 Å². The second kappa shape index (κ2) is 5.21. The smallest absolute Gasteiger partial charge is 0.0611 e. The van der Waals surface area contributed by atoms with Gasteiger partial charge in [0.05, 0.1) is 6.04 Å². The third-order valence-corrected chi connectivity index (χ3v) is 3.69. The Kier molecular flexibility index (Phi) is 3.66. The maximum atomic E-state index is 5.61. The predicted molar refractivity (Wildman–Crippen MR) is 67.1 cm³/mol. The minimum absolute atomic E-state index is 0.148. The molecule has 0 amide bonds. The average Bonchev–Trinajstić information content (AvgIpc) is 2.74. The van der Waals surface area contributed by atoms with Gasteiger partial charge in [-0.2, -0.15) is 0 Å². The highest BCUT2D eigenvalue weighted by Gasteiger charge is 2.14. The molecule has 0 aliphatic carbocycles. The number of aromatic nitrogens is 1. The van der Waals surface area contributed by atoms with Crippen LogP contribution in [0, 0.1) is 6.92 Å². The van der Waals surface area contributed by atoms with Crippen LogP contribution in [0.3, 0.4) is 0 Å². The van der Waals surface area contributed by atoms with Gasteiger partial charge in [0.25, 0.3) is 0 Å². The molecule has 0 aliphatic rings. The first kappa shape index (κ1) is 11.3. The van der Waals surface area contributed by atoms with E-state index in [9.17, 15) is 0 Å². The first-order valence-electron chi connectivity index (χ1n) is 5.21. The standard InChI is InChI=1S/C12H15N3S/c1-9-5-7-16-12(9)11(15-13)8-10-4-2-3-6-14-10/h2-7,11,15H,8,13H2,1H3. The molecule has 84 valence electrons. The van der Waals surface area contributed by atoms with E-state index in [0.29, 0.717) is 0 Å². The van der Waals surface area contributed by atoms with E-state index in [1.54, 1.807) is 11.3 Å². The van der Waals surface area contributed by atoms with E-state index in [4.69, 9.17) is 5.84 Å². The van der Waals surface area contributed by atoms with E-state index in [1.807, 2.05) is 24.4 Å². The SMILES string of the molecule is Cc1ccsc1C(Cc1ccccn1)NN. The van der Waals surface area contributed by atoms with Gasteiger partial charge in [-0.25, -0.2) is 0 Å². The first-order valence-corrected chi connectivity index (χ1v) is 6.09. The van der Waals surface area contributed by atoms with Crippen LogP contribution in [0.5, 0.6) is 0 Å². The van der Waals surface area contributed by atoms with Gasteiger partial charge < -0.3 is 0 Å². The fraction of sp³-hybridized carbons (Fsp3) is 0.250. The van der Waals surface area contributed by atoms with Crippen molar-refractivity contribution in [2.45, 2.75) is 19.4 Å². The maximum absolute atomic E-state index is 5.61. The summed E-state index contributed by atoms with van der Waals surface area (Å²) in [5.41, 5.74) is 5.20. The van der Waals surface area contributed by atoms with Gasteiger partial charge >= 0.3 is 0 Å². The Morgan fingerprint density at radius 3 is 2.88 bits per heavy atom. The lowest BCUT2D eigenvalue weighted by molar-refractivity contribution is 0.552. The number of aryl methyl sites for hydroxylation is 1. The predicted octanol–water partition coefficient (Wildman–Crippen LogP) is 2.20. The Labute approximate surface area is 99.3 Å². The summed E-state index contributed by atoms with van der Waals surface area (Å²) in [5.74, 6) is 5.61. The van der Waals surface area contributed by atoms with Crippen LogP contribution in [0.25, 0.3) is 0 Å². The Bertz CT molecular complexity index is 439. The zero-order valence-corrected chi connectivity index (χ0v) is 10.00. The lowest BCUT2D eigenvalue weighted by Crippen LogP contribution is -2.29. The van der Waals surface area contributed by atoms with Crippen molar-refractivity contribution in [3.8, 4) is 0 Å². The van der Waals surface area contributed by atoms with Gasteiger partial charge in [0.1, 0.15) is 0 Å². The molecule has 0 saturated carbocycles. The van der Waals surface area contributed by atoms with Crippen LogP contribution in [0.15, 0.2) is 35.8 Å². The van der Waals surface area contributed by atoms with Gasteiger partial charge in [-0.15, -0.1) is 11.3 Å². The number of nitrogens with two attached hydrogens (primary N) is 1. The van der Waals surface area contributed by atoms with Crippen molar-refractivity contribution >= 4 is 11.3 Å². The van der Waals surface area contributed by atoms with Gasteiger partial charge in [0.15, 0.2) is 0 Å². The lowest BCUT2D eigenvalue weighted by Gasteiger charge is -2.14. The van der Waals surface area contributed by atoms with Crippen molar-refractivity contribution in [2.75, 3.05) is 0 Å². The van der Waals surface area contributed by atoms with E-state index in [1.165, 1.54) is 10.4 Å². The highest BCUT2D eigenvalue weighted by Crippen LogP contribution is 2.25. The fourth-order valence-electron chi connectivity index (χ4n) is 1.70. The van der Waals surface area contributed by atoms with E-state index in [0.717, 1.165) is 12.1 Å². The molecule has 3 N–H and O–H groups in total. The molecule has 0 aromatic carbocycles. The van der Waals surface area contributed by atoms with Crippen molar-refractivity contribution in [3.05, 3.63) is 52.0 Å². The second-order valence-electron chi connectivity index (χ2n) is 3.71. The third-order valence-electron chi connectivity index (χ3n) is 2.56. The molecule has 0 saturated heterocycles. The highest BCUT2D eigenvalue weighted by atomic mass is 32.1. The van der Waals surface area contributed by atoms with Crippen molar-refractivity contribution in [2.24, 2.45) is 5.84 Å². The number of nitrogens with zero attached hydrogens (tertiary/aromatic N) is 1. The molecule has 2 aromatic rings. The molecule has 4 heteroatoms. The van der Waals surface area contributed by atoms with Gasteiger partial charge in [-0.05, 0) is 36.1 Å². The zero-order chi connectivity index (χ0) is 11.4. The van der Waals surface area contributed by atoms with Crippen molar-refractivity contribution in [3.63, 3.8) is 0 Å². The van der Waals surface area contributed by atoms with Crippen LogP contribution in [0.4, 0.5) is 0 Å². The normalized spacial score (nSPS) is 12.6. The Morgan fingerprint density at radius 2 is 2.31 bits per heavy atom. The largest absolute Gasteiger partial charge is 0.271 e. The molecule has 2 rings (SSSR count). The number of hydrogen-bond donors (Lipinski definition) is 2. The van der Waals surface area contributed by atoms with Crippen molar-refractivity contribution < 1.29 is 0 Å². The van der Waals surface area contributed by atoms with Gasteiger partial charge in [0, 0.05) is 23.2 Å². The molecule has 16 heavy (non-hydrogen) atoms. The zero-order valence-electron chi connectivity index (χ0n) is 9.18. The van der Waals surface area contributed by atoms with E-state index in [2.05, 4.69) is 28.8 Å². The van der Waals surface area contributed by atoms with Gasteiger partial charge in [-0.3, -0.25) is 16.3 Å². The number of pyridine rings is 1. The maximum Gasteiger partial charge on any atom is 0.0611 e. The molecule has 3 nitrogen and oxygen atoms in total. The second-order valence-corrected chi connectivity index (χ2v) is 4.66. The fourth-order valence-corrected chi connectivity index (χ4v) is 2.69. The number of hydrazine groups is 1. The average molecular weight is 233 g/mol. The minimum Gasteiger partial charge on any atom is -0.271 e. The molecular formula is C12H15N3S. The number of nitrogens with one attached hydrogen (secondary N) is 1. The van der Waals surface area contributed by atoms with Crippen molar-refractivity contribution in [1.29, 1.82) is 0 Å². The minimum atomic E-state index is 0.148. The Hall–Kier alpha value is -1.23. The van der Waals surface area contributed by atoms with Crippen LogP contribution in [-0.4, -0.2) is 4.98 Å². The summed E-state index contributed by atoms with van der Waals surface area (Å²) >= 11 is 1.73. The molecule has 0 aliphatic heterocycles. The number of hydrogen-bond acceptors (Lipinski definition) is 4. The molecule has 2 heterocycles. The van der Waals surface area contributed by atoms with Crippen molar-refractivity contribution in [1.82, 2.24) is 10.4 Å². The van der Waals surface area contributed by atoms with Gasteiger partial charge in [-0.1, -0.05) is 6.07 Å². The summed E-state index contributed by atoms with van der Waals surface area (Å²) in [5, 5.41) is 2.09. The van der Waals surface area contributed by atoms with E-state index in [-0.39, 0.29) is 6.04 Å². The molecule has 0 fully saturated rings. The summed E-state index contributed by atoms with van der Waals surface area (Å²) in [6, 6.07) is 8.20. The van der Waals surface area contributed by atoms with Crippen LogP contribution in [-0.2, 0) is 6.42 Å². The molecule has 1 unspecified atom stereocenters. The van der Waals surface area contributed by atoms with Crippen LogP contribution in [0.1, 0.15) is 22.2 Å². The number of rotatable bonds is 4. The Balaban J connectivity index is 2.16. The number of thiophene rings is 1. The summed E-state index contributed by atoms with van der Waals surface area (Å²) < 4.78 is 0. The summed E-state index contributed by atoms with van der Waals surface area (Å²) in [6.45, 7) is 2.11. The summed E-state index contributed by atoms with van der Waals surface area (Å²) in [6.07, 6.45) is 2.63. The molecule has 0 spiro atoms. The summed E-state index contributed by atoms with van der Waals surface area (Å²) in [7, 11) is 0. The quantitative estimate of drug-likeness (QED) is 0.629. The van der Waals surface area contributed by atoms with E-state index < -0.39 is 0 Å². The topological polar surface area (TPSA) is 50.9 Å². The molecule has 0 radical (unpaired) electrons. The van der Waals surface area contributed by atoms with Crippen LogP contribution in [0.2, 0.25) is 0 Å². The van der Waals surface area contributed by atoms with E-state index >= 15 is 0 Å².